The number of aromatic nitrogens is 2. The average molecular weight is 280 g/mol. The van der Waals surface area contributed by atoms with E-state index >= 15 is 0 Å². The summed E-state index contributed by atoms with van der Waals surface area (Å²) < 4.78 is 13.4. The largest absolute Gasteiger partial charge is 0.376 e. The first kappa shape index (κ1) is 15.5. The lowest BCUT2D eigenvalue weighted by molar-refractivity contribution is -0.0950. The van der Waals surface area contributed by atoms with Gasteiger partial charge in [0.25, 0.3) is 0 Å². The lowest BCUT2D eigenvalue weighted by atomic mass is 9.88. The third-order valence-electron chi connectivity index (χ3n) is 3.58. The molecule has 1 aromatic heterocycles. The summed E-state index contributed by atoms with van der Waals surface area (Å²) >= 11 is 0. The fraction of sp³-hybridized carbons (Fsp3) is 0.812. The maximum atomic E-state index is 5.76. The first-order chi connectivity index (χ1) is 9.18. The van der Waals surface area contributed by atoms with Crippen molar-refractivity contribution in [2.24, 2.45) is 0 Å². The molecule has 1 aromatic rings. The van der Waals surface area contributed by atoms with Gasteiger partial charge >= 0.3 is 0 Å². The van der Waals surface area contributed by atoms with E-state index in [-0.39, 0.29) is 16.9 Å². The van der Waals surface area contributed by atoms with Gasteiger partial charge in [-0.3, -0.25) is 4.68 Å². The van der Waals surface area contributed by atoms with Crippen LogP contribution < -0.4 is 0 Å². The highest BCUT2D eigenvalue weighted by Crippen LogP contribution is 2.28. The van der Waals surface area contributed by atoms with Crippen molar-refractivity contribution >= 4 is 0 Å². The summed E-state index contributed by atoms with van der Waals surface area (Å²) in [6.07, 6.45) is 0.109. The van der Waals surface area contributed by atoms with Gasteiger partial charge in [-0.1, -0.05) is 41.5 Å². The van der Waals surface area contributed by atoms with Crippen LogP contribution in [-0.4, -0.2) is 35.7 Å². The molecular formula is C16H28N2O2. The minimum absolute atomic E-state index is 0.0647. The highest BCUT2D eigenvalue weighted by Gasteiger charge is 2.27. The van der Waals surface area contributed by atoms with Crippen LogP contribution in [0.5, 0.6) is 0 Å². The van der Waals surface area contributed by atoms with Crippen LogP contribution in [0.1, 0.15) is 52.9 Å². The van der Waals surface area contributed by atoms with Crippen molar-refractivity contribution < 1.29 is 9.47 Å². The van der Waals surface area contributed by atoms with Gasteiger partial charge < -0.3 is 9.47 Å². The number of hydrogen-bond acceptors (Lipinski definition) is 3. The van der Waals surface area contributed by atoms with Crippen LogP contribution in [0.25, 0.3) is 0 Å². The fourth-order valence-electron chi connectivity index (χ4n) is 2.36. The SMILES string of the molecule is CC(C)(C)c1cc(C(C)(C)C)n(CC2COCCO2)n1. The van der Waals surface area contributed by atoms with E-state index in [1.165, 1.54) is 5.69 Å². The van der Waals surface area contributed by atoms with Crippen molar-refractivity contribution in [3.8, 4) is 0 Å². The molecule has 114 valence electrons. The third-order valence-corrected chi connectivity index (χ3v) is 3.58. The quantitative estimate of drug-likeness (QED) is 0.836. The Morgan fingerprint density at radius 2 is 1.85 bits per heavy atom. The lowest BCUT2D eigenvalue weighted by Gasteiger charge is -2.26. The van der Waals surface area contributed by atoms with Gasteiger partial charge in [0.2, 0.25) is 0 Å². The smallest absolute Gasteiger partial charge is 0.100 e. The van der Waals surface area contributed by atoms with Crippen LogP contribution in [0.4, 0.5) is 0 Å². The molecule has 4 heteroatoms. The summed E-state index contributed by atoms with van der Waals surface area (Å²) in [7, 11) is 0. The van der Waals surface area contributed by atoms with Crippen LogP contribution in [0, 0.1) is 0 Å². The summed E-state index contributed by atoms with van der Waals surface area (Å²) in [6.45, 7) is 16.1. The molecule has 0 bridgehead atoms. The van der Waals surface area contributed by atoms with Gasteiger partial charge in [0, 0.05) is 16.5 Å². The Morgan fingerprint density at radius 1 is 1.15 bits per heavy atom. The monoisotopic (exact) mass is 280 g/mol. The second-order valence-corrected chi connectivity index (χ2v) is 7.66. The number of rotatable bonds is 2. The Labute approximate surface area is 122 Å². The molecule has 1 atom stereocenters. The van der Waals surface area contributed by atoms with E-state index in [9.17, 15) is 0 Å². The molecule has 0 aliphatic carbocycles. The zero-order valence-corrected chi connectivity index (χ0v) is 13.7. The summed E-state index contributed by atoms with van der Waals surface area (Å²) in [5.74, 6) is 0. The molecule has 0 spiro atoms. The van der Waals surface area contributed by atoms with Crippen molar-refractivity contribution in [2.45, 2.75) is 65.0 Å². The molecule has 1 fully saturated rings. The maximum Gasteiger partial charge on any atom is 0.100 e. The van der Waals surface area contributed by atoms with E-state index in [0.717, 1.165) is 12.2 Å². The third kappa shape index (κ3) is 3.61. The van der Waals surface area contributed by atoms with Crippen LogP contribution >= 0.6 is 0 Å². The molecule has 20 heavy (non-hydrogen) atoms. The van der Waals surface area contributed by atoms with Crippen molar-refractivity contribution in [3.63, 3.8) is 0 Å². The Morgan fingerprint density at radius 3 is 2.35 bits per heavy atom. The van der Waals surface area contributed by atoms with Crippen LogP contribution in [0.15, 0.2) is 6.07 Å². The summed E-state index contributed by atoms with van der Waals surface area (Å²) in [6, 6.07) is 2.24. The van der Waals surface area contributed by atoms with Crippen LogP contribution in [0.2, 0.25) is 0 Å². The van der Waals surface area contributed by atoms with E-state index < -0.39 is 0 Å². The van der Waals surface area contributed by atoms with Gasteiger partial charge in [-0.25, -0.2) is 0 Å². The zero-order valence-electron chi connectivity index (χ0n) is 13.7. The summed E-state index contributed by atoms with van der Waals surface area (Å²) in [5.41, 5.74) is 2.54. The second-order valence-electron chi connectivity index (χ2n) is 7.66. The maximum absolute atomic E-state index is 5.76. The van der Waals surface area contributed by atoms with Crippen LogP contribution in [0.3, 0.4) is 0 Å². The zero-order chi connectivity index (χ0) is 15.0. The van der Waals surface area contributed by atoms with E-state index in [4.69, 9.17) is 14.6 Å². The predicted octanol–water partition coefficient (Wildman–Crippen LogP) is 2.89. The normalized spacial score (nSPS) is 21.2. The Bertz CT molecular complexity index is 446. The fourth-order valence-corrected chi connectivity index (χ4v) is 2.36. The molecule has 0 N–H and O–H groups in total. The minimum Gasteiger partial charge on any atom is -0.376 e. The van der Waals surface area contributed by atoms with Crippen molar-refractivity contribution in [3.05, 3.63) is 17.5 Å². The van der Waals surface area contributed by atoms with Gasteiger partial charge in [0.15, 0.2) is 0 Å². The minimum atomic E-state index is 0.0647. The van der Waals surface area contributed by atoms with Crippen LogP contribution in [-0.2, 0) is 26.8 Å². The molecule has 4 nitrogen and oxygen atoms in total. The Hall–Kier alpha value is -0.870. The first-order valence-electron chi connectivity index (χ1n) is 7.46. The summed E-state index contributed by atoms with van der Waals surface area (Å²) in [5, 5.41) is 4.82. The molecule has 2 rings (SSSR count). The first-order valence-corrected chi connectivity index (χ1v) is 7.46. The van der Waals surface area contributed by atoms with Gasteiger partial charge in [-0.05, 0) is 6.07 Å². The summed E-state index contributed by atoms with van der Waals surface area (Å²) in [4.78, 5) is 0. The molecule has 0 aromatic carbocycles. The van der Waals surface area contributed by atoms with Gasteiger partial charge in [-0.15, -0.1) is 0 Å². The van der Waals surface area contributed by atoms with Gasteiger partial charge in [-0.2, -0.15) is 5.10 Å². The topological polar surface area (TPSA) is 36.3 Å². The highest BCUT2D eigenvalue weighted by atomic mass is 16.6. The van der Waals surface area contributed by atoms with Gasteiger partial charge in [0.1, 0.15) is 6.10 Å². The number of nitrogens with zero attached hydrogens (tertiary/aromatic N) is 2. The second kappa shape index (κ2) is 5.49. The molecule has 1 unspecified atom stereocenters. The Balaban J connectivity index is 2.27. The highest BCUT2D eigenvalue weighted by molar-refractivity contribution is 5.22. The Kier molecular flexibility index (Phi) is 4.26. The number of ether oxygens (including phenoxy) is 2. The van der Waals surface area contributed by atoms with E-state index in [2.05, 4.69) is 52.3 Å². The molecule has 1 aliphatic heterocycles. The molecule has 1 saturated heterocycles. The van der Waals surface area contributed by atoms with Crippen molar-refractivity contribution in [2.75, 3.05) is 19.8 Å². The molecule has 0 amide bonds. The van der Waals surface area contributed by atoms with E-state index in [1.807, 2.05) is 0 Å². The standard InChI is InChI=1S/C16H28N2O2/c1-15(2,3)13-9-14(16(4,5)6)18(17-13)10-12-11-19-7-8-20-12/h9,12H,7-8,10-11H2,1-6H3. The molecule has 0 saturated carbocycles. The number of hydrogen-bond donors (Lipinski definition) is 0. The van der Waals surface area contributed by atoms with Crippen molar-refractivity contribution in [1.29, 1.82) is 0 Å². The predicted molar refractivity (Wildman–Crippen MR) is 80.2 cm³/mol. The van der Waals surface area contributed by atoms with Crippen molar-refractivity contribution in [1.82, 2.24) is 9.78 Å². The molecule has 2 heterocycles. The molecular weight excluding hydrogens is 252 g/mol. The lowest BCUT2D eigenvalue weighted by Crippen LogP contribution is -2.34. The molecule has 1 aliphatic rings. The van der Waals surface area contributed by atoms with E-state index in [0.29, 0.717) is 19.8 Å². The van der Waals surface area contributed by atoms with Gasteiger partial charge in [0.05, 0.1) is 32.1 Å². The average Bonchev–Trinajstić information content (AvgIpc) is 2.74. The van der Waals surface area contributed by atoms with E-state index in [1.54, 1.807) is 0 Å². The molecule has 0 radical (unpaired) electrons.